The van der Waals surface area contributed by atoms with Crippen LogP contribution in [0.15, 0.2) is 36.4 Å². The predicted octanol–water partition coefficient (Wildman–Crippen LogP) is 3.42. The molecule has 0 aliphatic carbocycles. The van der Waals surface area contributed by atoms with Gasteiger partial charge >= 0.3 is 0 Å². The van der Waals surface area contributed by atoms with Crippen molar-refractivity contribution in [3.63, 3.8) is 0 Å². The first-order chi connectivity index (χ1) is 11.8. The van der Waals surface area contributed by atoms with Crippen LogP contribution in [0.25, 0.3) is 0 Å². The van der Waals surface area contributed by atoms with Gasteiger partial charge in [0.15, 0.2) is 11.6 Å². The summed E-state index contributed by atoms with van der Waals surface area (Å²) < 4.78 is 26.5. The van der Waals surface area contributed by atoms with Crippen molar-refractivity contribution in [1.29, 1.82) is 0 Å². The van der Waals surface area contributed by atoms with Crippen LogP contribution in [-0.2, 0) is 16.0 Å². The van der Waals surface area contributed by atoms with E-state index >= 15 is 0 Å². The largest absolute Gasteiger partial charge is 0.357 e. The summed E-state index contributed by atoms with van der Waals surface area (Å²) in [5.41, 5.74) is 0.637. The van der Waals surface area contributed by atoms with Gasteiger partial charge in [-0.25, -0.2) is 8.78 Å². The molecule has 2 aromatic rings. The van der Waals surface area contributed by atoms with Crippen molar-refractivity contribution in [2.24, 2.45) is 0 Å². The van der Waals surface area contributed by atoms with Crippen molar-refractivity contribution in [2.75, 3.05) is 7.05 Å². The average molecular weight is 387 g/mol. The van der Waals surface area contributed by atoms with E-state index in [0.29, 0.717) is 15.6 Å². The van der Waals surface area contributed by atoms with Gasteiger partial charge in [0.1, 0.15) is 6.04 Å². The molecular weight excluding hydrogens is 373 g/mol. The Morgan fingerprint density at radius 2 is 1.80 bits per heavy atom. The van der Waals surface area contributed by atoms with E-state index in [1.165, 1.54) is 19.2 Å². The van der Waals surface area contributed by atoms with Crippen molar-refractivity contribution in [1.82, 2.24) is 10.6 Å². The third-order valence-electron chi connectivity index (χ3n) is 3.46. The lowest BCUT2D eigenvalue weighted by Gasteiger charge is -2.18. The molecule has 2 N–H and O–H groups in total. The molecule has 0 aromatic heterocycles. The molecule has 25 heavy (non-hydrogen) atoms. The van der Waals surface area contributed by atoms with Crippen LogP contribution in [0.2, 0.25) is 10.0 Å². The maximum atomic E-state index is 13.4. The molecule has 4 nitrogen and oxygen atoms in total. The fraction of sp³-hybridized carbons (Fsp3) is 0.176. The molecule has 0 radical (unpaired) electrons. The van der Waals surface area contributed by atoms with E-state index in [1.807, 2.05) is 0 Å². The zero-order chi connectivity index (χ0) is 18.6. The fourth-order valence-electron chi connectivity index (χ4n) is 2.19. The Balaban J connectivity index is 2.20. The molecule has 0 saturated heterocycles. The lowest BCUT2D eigenvalue weighted by atomic mass is 10.0. The fourth-order valence-corrected chi connectivity index (χ4v) is 2.66. The van der Waals surface area contributed by atoms with Gasteiger partial charge in [-0.15, -0.1) is 0 Å². The zero-order valence-corrected chi connectivity index (χ0v) is 14.6. The van der Waals surface area contributed by atoms with Crippen LogP contribution < -0.4 is 10.6 Å². The highest BCUT2D eigenvalue weighted by Gasteiger charge is 2.23. The highest BCUT2D eigenvalue weighted by Crippen LogP contribution is 2.22. The summed E-state index contributed by atoms with van der Waals surface area (Å²) in [5, 5.41) is 5.60. The highest BCUT2D eigenvalue weighted by molar-refractivity contribution is 6.35. The Bertz CT molecular complexity index is 815. The Kier molecular flexibility index (Phi) is 6.33. The number of amides is 2. The summed E-state index contributed by atoms with van der Waals surface area (Å²) in [6, 6.07) is 6.50. The predicted molar refractivity (Wildman–Crippen MR) is 91.5 cm³/mol. The Hall–Kier alpha value is -2.18. The van der Waals surface area contributed by atoms with Crippen LogP contribution in [0.3, 0.4) is 0 Å². The third-order valence-corrected chi connectivity index (χ3v) is 4.04. The maximum Gasteiger partial charge on any atom is 0.246 e. The van der Waals surface area contributed by atoms with Gasteiger partial charge in [0.05, 0.1) is 6.42 Å². The number of carbonyl (C=O) groups excluding carboxylic acids is 2. The summed E-state index contributed by atoms with van der Waals surface area (Å²) in [4.78, 5) is 24.3. The number of hydrogen-bond acceptors (Lipinski definition) is 2. The van der Waals surface area contributed by atoms with Gasteiger partial charge in [0.2, 0.25) is 11.8 Å². The molecule has 8 heteroatoms. The van der Waals surface area contributed by atoms with E-state index in [-0.39, 0.29) is 12.0 Å². The smallest absolute Gasteiger partial charge is 0.246 e. The Morgan fingerprint density at radius 3 is 2.40 bits per heavy atom. The quantitative estimate of drug-likeness (QED) is 0.826. The van der Waals surface area contributed by atoms with Crippen LogP contribution in [0, 0.1) is 11.6 Å². The van der Waals surface area contributed by atoms with Crippen molar-refractivity contribution >= 4 is 35.0 Å². The summed E-state index contributed by atoms with van der Waals surface area (Å²) >= 11 is 11.8. The molecule has 2 amide bonds. The SMILES string of the molecule is CNC(=O)C(NC(=O)Cc1ccc(Cl)cc1Cl)c1ccc(F)c(F)c1. The summed E-state index contributed by atoms with van der Waals surface area (Å²) in [7, 11) is 1.37. The summed E-state index contributed by atoms with van der Waals surface area (Å²) in [6.07, 6.45) is -0.104. The maximum absolute atomic E-state index is 13.4. The van der Waals surface area contributed by atoms with Crippen molar-refractivity contribution in [2.45, 2.75) is 12.5 Å². The number of halogens is 4. The van der Waals surface area contributed by atoms with E-state index in [9.17, 15) is 18.4 Å². The molecule has 0 spiro atoms. The minimum atomic E-state index is -1.17. The van der Waals surface area contributed by atoms with Gasteiger partial charge in [-0.3, -0.25) is 9.59 Å². The first-order valence-electron chi connectivity index (χ1n) is 7.21. The highest BCUT2D eigenvalue weighted by atomic mass is 35.5. The van der Waals surface area contributed by atoms with E-state index < -0.39 is 29.5 Å². The molecule has 1 atom stereocenters. The molecule has 0 aliphatic heterocycles. The molecule has 0 bridgehead atoms. The number of rotatable bonds is 5. The van der Waals surface area contributed by atoms with Crippen LogP contribution in [0.5, 0.6) is 0 Å². The number of benzene rings is 2. The number of hydrogen-bond donors (Lipinski definition) is 2. The standard InChI is InChI=1S/C17H14Cl2F2N2O2/c1-22-17(25)16(10-3-5-13(20)14(21)6-10)23-15(24)7-9-2-4-11(18)8-12(9)19/h2-6,8,16H,7H2,1H3,(H,22,25)(H,23,24). The summed E-state index contributed by atoms with van der Waals surface area (Å²) in [6.45, 7) is 0. The molecule has 2 rings (SSSR count). The second-order valence-electron chi connectivity index (χ2n) is 5.20. The number of likely N-dealkylation sites (N-methyl/N-ethyl adjacent to an activating group) is 1. The van der Waals surface area contributed by atoms with Crippen LogP contribution in [-0.4, -0.2) is 18.9 Å². The number of nitrogens with one attached hydrogen (secondary N) is 2. The normalized spacial score (nSPS) is 11.7. The molecular formula is C17H14Cl2F2N2O2. The van der Waals surface area contributed by atoms with Crippen LogP contribution in [0.1, 0.15) is 17.2 Å². The van der Waals surface area contributed by atoms with Crippen molar-refractivity contribution in [3.05, 3.63) is 69.2 Å². The van der Waals surface area contributed by atoms with Gasteiger partial charge in [-0.2, -0.15) is 0 Å². The molecule has 0 fully saturated rings. The second-order valence-corrected chi connectivity index (χ2v) is 6.04. The lowest BCUT2D eigenvalue weighted by Crippen LogP contribution is -2.39. The zero-order valence-electron chi connectivity index (χ0n) is 13.1. The first kappa shape index (κ1) is 19.1. The van der Waals surface area contributed by atoms with Gasteiger partial charge in [-0.05, 0) is 35.4 Å². The minimum Gasteiger partial charge on any atom is -0.357 e. The van der Waals surface area contributed by atoms with Gasteiger partial charge in [0, 0.05) is 17.1 Å². The van der Waals surface area contributed by atoms with Crippen LogP contribution >= 0.6 is 23.2 Å². The van der Waals surface area contributed by atoms with Crippen molar-refractivity contribution < 1.29 is 18.4 Å². The van der Waals surface area contributed by atoms with Gasteiger partial charge < -0.3 is 10.6 Å². The van der Waals surface area contributed by atoms with E-state index in [4.69, 9.17) is 23.2 Å². The second kappa shape index (κ2) is 8.27. The van der Waals surface area contributed by atoms with E-state index in [2.05, 4.69) is 10.6 Å². The van der Waals surface area contributed by atoms with Crippen molar-refractivity contribution in [3.8, 4) is 0 Å². The molecule has 0 aliphatic rings. The monoisotopic (exact) mass is 386 g/mol. The molecule has 132 valence electrons. The number of carbonyl (C=O) groups is 2. The Morgan fingerprint density at radius 1 is 1.08 bits per heavy atom. The molecule has 0 heterocycles. The topological polar surface area (TPSA) is 58.2 Å². The lowest BCUT2D eigenvalue weighted by molar-refractivity contribution is -0.128. The van der Waals surface area contributed by atoms with Crippen LogP contribution in [0.4, 0.5) is 8.78 Å². The Labute approximate surface area is 153 Å². The van der Waals surface area contributed by atoms with E-state index in [1.54, 1.807) is 12.1 Å². The first-order valence-corrected chi connectivity index (χ1v) is 7.97. The van der Waals surface area contributed by atoms with Gasteiger partial charge in [-0.1, -0.05) is 35.3 Å². The van der Waals surface area contributed by atoms with Gasteiger partial charge in [0.25, 0.3) is 0 Å². The van der Waals surface area contributed by atoms with E-state index in [0.717, 1.165) is 12.1 Å². The minimum absolute atomic E-state index is 0.104. The molecule has 0 saturated carbocycles. The molecule has 2 aromatic carbocycles. The summed E-state index contributed by atoms with van der Waals surface area (Å²) in [5.74, 6) is -3.23. The average Bonchev–Trinajstić information content (AvgIpc) is 2.57. The molecule has 1 unspecified atom stereocenters. The third kappa shape index (κ3) is 4.90.